The van der Waals surface area contributed by atoms with E-state index in [4.69, 9.17) is 16.1 Å². The maximum absolute atomic E-state index is 14.3. The van der Waals surface area contributed by atoms with E-state index in [1.807, 2.05) is 12.3 Å². The van der Waals surface area contributed by atoms with Crippen LogP contribution in [0.1, 0.15) is 24.1 Å². The Labute approximate surface area is 205 Å². The third kappa shape index (κ3) is 4.90. The standard InChI is InChI=1S/C27H32FN7/c1-33-12-14-35(15-13-33)19-8-10-34(11-9-19)20-16-26-25(31-18-20)7-6-24(32-26)22(17-29)27(30)21-4-2-3-5-23(21)28/h2-7,16-19,29H,8-15,30H2,1H3. The number of pyridine rings is 2. The van der Waals surface area contributed by atoms with E-state index in [9.17, 15) is 4.39 Å². The highest BCUT2D eigenvalue weighted by molar-refractivity contribution is 6.17. The summed E-state index contributed by atoms with van der Waals surface area (Å²) in [4.78, 5) is 16.8. The third-order valence-electron chi connectivity index (χ3n) is 7.28. The molecule has 2 aliphatic heterocycles. The number of aromatic nitrogens is 2. The summed E-state index contributed by atoms with van der Waals surface area (Å²) in [5, 5.41) is 7.92. The quantitative estimate of drug-likeness (QED) is 0.552. The molecule has 0 radical (unpaired) electrons. The molecule has 0 saturated carbocycles. The molecule has 8 heteroatoms. The molecule has 2 aliphatic rings. The molecular formula is C27H32FN7. The van der Waals surface area contributed by atoms with Crippen LogP contribution >= 0.6 is 0 Å². The van der Waals surface area contributed by atoms with Crippen LogP contribution in [-0.2, 0) is 0 Å². The van der Waals surface area contributed by atoms with E-state index in [-0.39, 0.29) is 11.3 Å². The van der Waals surface area contributed by atoms with Crippen molar-refractivity contribution in [3.8, 4) is 0 Å². The highest BCUT2D eigenvalue weighted by Gasteiger charge is 2.27. The second-order valence-electron chi connectivity index (χ2n) is 9.44. The fourth-order valence-electron chi connectivity index (χ4n) is 5.11. The fourth-order valence-corrected chi connectivity index (χ4v) is 5.11. The minimum absolute atomic E-state index is 0.194. The van der Waals surface area contributed by atoms with Crippen molar-refractivity contribution in [3.63, 3.8) is 0 Å². The third-order valence-corrected chi connectivity index (χ3v) is 7.28. The van der Waals surface area contributed by atoms with Crippen molar-refractivity contribution in [2.75, 3.05) is 51.2 Å². The number of piperidine rings is 1. The first kappa shape index (κ1) is 23.4. The van der Waals surface area contributed by atoms with Crippen LogP contribution in [0, 0.1) is 11.2 Å². The van der Waals surface area contributed by atoms with Gasteiger partial charge in [-0.1, -0.05) is 12.1 Å². The van der Waals surface area contributed by atoms with Gasteiger partial charge in [-0.3, -0.25) is 9.88 Å². The molecule has 4 heterocycles. The predicted molar refractivity (Wildman–Crippen MR) is 140 cm³/mol. The second-order valence-corrected chi connectivity index (χ2v) is 9.44. The summed E-state index contributed by atoms with van der Waals surface area (Å²) in [6.07, 6.45) is 5.35. The van der Waals surface area contributed by atoms with Crippen molar-refractivity contribution in [2.45, 2.75) is 18.9 Å². The zero-order valence-electron chi connectivity index (χ0n) is 20.1. The van der Waals surface area contributed by atoms with Gasteiger partial charge in [0.1, 0.15) is 5.82 Å². The van der Waals surface area contributed by atoms with Crippen molar-refractivity contribution in [2.24, 2.45) is 5.73 Å². The molecule has 3 N–H and O–H groups in total. The van der Waals surface area contributed by atoms with Crippen molar-refractivity contribution in [3.05, 3.63) is 65.7 Å². The predicted octanol–water partition coefficient (Wildman–Crippen LogP) is 3.46. The van der Waals surface area contributed by atoms with E-state index in [1.165, 1.54) is 6.07 Å². The number of fused-ring (bicyclic) bond motifs is 1. The largest absolute Gasteiger partial charge is 0.398 e. The summed E-state index contributed by atoms with van der Waals surface area (Å²) in [7, 11) is 2.20. The molecule has 182 valence electrons. The lowest BCUT2D eigenvalue weighted by Crippen LogP contribution is -2.52. The van der Waals surface area contributed by atoms with Gasteiger partial charge in [0, 0.05) is 62.7 Å². The van der Waals surface area contributed by atoms with Crippen LogP contribution in [-0.4, -0.2) is 78.3 Å². The number of rotatable bonds is 5. The lowest BCUT2D eigenvalue weighted by Gasteiger charge is -2.42. The van der Waals surface area contributed by atoms with E-state index < -0.39 is 5.82 Å². The summed E-state index contributed by atoms with van der Waals surface area (Å²) in [6, 6.07) is 12.7. The maximum atomic E-state index is 14.3. The van der Waals surface area contributed by atoms with Crippen LogP contribution < -0.4 is 10.6 Å². The number of benzene rings is 1. The summed E-state index contributed by atoms with van der Waals surface area (Å²) in [5.74, 6) is -0.422. The molecule has 2 saturated heterocycles. The van der Waals surface area contributed by atoms with Gasteiger partial charge in [0.05, 0.1) is 34.3 Å². The van der Waals surface area contributed by atoms with Crippen molar-refractivity contribution in [1.82, 2.24) is 19.8 Å². The zero-order chi connectivity index (χ0) is 24.4. The van der Waals surface area contributed by atoms with E-state index >= 15 is 0 Å². The van der Waals surface area contributed by atoms with Gasteiger partial charge in [0.25, 0.3) is 0 Å². The smallest absolute Gasteiger partial charge is 0.132 e. The first-order valence-corrected chi connectivity index (χ1v) is 12.2. The number of likely N-dealkylation sites (N-methyl/N-ethyl adjacent to an activating group) is 1. The number of hydrogen-bond donors (Lipinski definition) is 2. The molecule has 0 spiro atoms. The highest BCUT2D eigenvalue weighted by atomic mass is 19.1. The van der Waals surface area contributed by atoms with Gasteiger partial charge in [0.15, 0.2) is 0 Å². The molecule has 3 aromatic rings. The van der Waals surface area contributed by atoms with Crippen LogP contribution in [0.3, 0.4) is 0 Å². The number of halogens is 1. The van der Waals surface area contributed by atoms with Gasteiger partial charge in [0.2, 0.25) is 0 Å². The Morgan fingerprint density at radius 1 is 1.03 bits per heavy atom. The number of hydrogen-bond acceptors (Lipinski definition) is 7. The number of nitrogens with zero attached hydrogens (tertiary/aromatic N) is 5. The van der Waals surface area contributed by atoms with Gasteiger partial charge < -0.3 is 20.9 Å². The molecular weight excluding hydrogens is 441 g/mol. The van der Waals surface area contributed by atoms with Crippen LogP contribution in [0.25, 0.3) is 22.3 Å². The zero-order valence-corrected chi connectivity index (χ0v) is 20.1. The van der Waals surface area contributed by atoms with Crippen molar-refractivity contribution < 1.29 is 4.39 Å². The van der Waals surface area contributed by atoms with Crippen LogP contribution in [0.4, 0.5) is 10.1 Å². The van der Waals surface area contributed by atoms with Gasteiger partial charge in [-0.25, -0.2) is 9.37 Å². The molecule has 0 bridgehead atoms. The van der Waals surface area contributed by atoms with Crippen molar-refractivity contribution >= 4 is 34.2 Å². The molecule has 7 nitrogen and oxygen atoms in total. The van der Waals surface area contributed by atoms with Gasteiger partial charge in [-0.15, -0.1) is 0 Å². The molecule has 0 atom stereocenters. The number of nitrogens with two attached hydrogens (primary N) is 1. The lowest BCUT2D eigenvalue weighted by atomic mass is 10.0. The molecule has 2 fully saturated rings. The van der Waals surface area contributed by atoms with Crippen LogP contribution in [0.15, 0.2) is 48.7 Å². The Bertz CT molecular complexity index is 1240. The monoisotopic (exact) mass is 473 g/mol. The van der Waals surface area contributed by atoms with E-state index in [0.717, 1.165) is 75.0 Å². The summed E-state index contributed by atoms with van der Waals surface area (Å²) in [6.45, 7) is 6.60. The normalized spacial score (nSPS) is 19.1. The number of anilines is 1. The molecule has 0 aliphatic carbocycles. The number of piperazine rings is 1. The average Bonchev–Trinajstić information content (AvgIpc) is 2.89. The molecule has 2 aromatic heterocycles. The Hall–Kier alpha value is -3.36. The number of nitrogens with one attached hydrogen (secondary N) is 1. The van der Waals surface area contributed by atoms with Gasteiger partial charge in [-0.2, -0.15) is 0 Å². The first-order valence-electron chi connectivity index (χ1n) is 12.2. The summed E-state index contributed by atoms with van der Waals surface area (Å²) in [5.41, 5.74) is 10.2. The van der Waals surface area contributed by atoms with Crippen molar-refractivity contribution in [1.29, 1.82) is 5.41 Å². The van der Waals surface area contributed by atoms with Crippen LogP contribution in [0.5, 0.6) is 0 Å². The SMILES string of the molecule is CN1CCN(C2CCN(c3cnc4ccc(C(C=N)=C(N)c5ccccc5F)nc4c3)CC2)CC1. The Kier molecular flexibility index (Phi) is 6.74. The second kappa shape index (κ2) is 10.1. The minimum Gasteiger partial charge on any atom is -0.398 e. The van der Waals surface area contributed by atoms with E-state index in [0.29, 0.717) is 17.3 Å². The Balaban J connectivity index is 1.36. The fraction of sp³-hybridized carbons (Fsp3) is 0.370. The Morgan fingerprint density at radius 3 is 2.49 bits per heavy atom. The summed E-state index contributed by atoms with van der Waals surface area (Å²) < 4.78 is 14.3. The van der Waals surface area contributed by atoms with Gasteiger partial charge in [-0.05, 0) is 50.2 Å². The topological polar surface area (TPSA) is 85.4 Å². The summed E-state index contributed by atoms with van der Waals surface area (Å²) >= 11 is 0. The van der Waals surface area contributed by atoms with Crippen LogP contribution in [0.2, 0.25) is 0 Å². The first-order chi connectivity index (χ1) is 17.0. The Morgan fingerprint density at radius 2 is 1.77 bits per heavy atom. The molecule has 0 unspecified atom stereocenters. The number of allylic oxidation sites excluding steroid dienone is 1. The van der Waals surface area contributed by atoms with Gasteiger partial charge >= 0.3 is 0 Å². The average molecular weight is 474 g/mol. The maximum Gasteiger partial charge on any atom is 0.132 e. The molecule has 0 amide bonds. The lowest BCUT2D eigenvalue weighted by molar-refractivity contribution is 0.0982. The molecule has 35 heavy (non-hydrogen) atoms. The van der Waals surface area contributed by atoms with E-state index in [2.05, 4.69) is 32.8 Å². The van der Waals surface area contributed by atoms with E-state index in [1.54, 1.807) is 24.3 Å². The highest BCUT2D eigenvalue weighted by Crippen LogP contribution is 2.27. The molecule has 1 aromatic carbocycles. The molecule has 5 rings (SSSR count). The minimum atomic E-state index is -0.422.